The van der Waals surface area contributed by atoms with Gasteiger partial charge in [0.2, 0.25) is 0 Å². The van der Waals surface area contributed by atoms with Crippen LogP contribution >= 0.6 is 0 Å². The minimum absolute atomic E-state index is 0.136. The second kappa shape index (κ2) is 10.3. The molecule has 0 saturated carbocycles. The molecule has 0 heterocycles. The van der Waals surface area contributed by atoms with Crippen molar-refractivity contribution in [2.75, 3.05) is 11.9 Å². The average molecular weight is 405 g/mol. The zero-order valence-electron chi connectivity index (χ0n) is 16.9. The molecule has 0 radical (unpaired) electrons. The van der Waals surface area contributed by atoms with Gasteiger partial charge in [-0.05, 0) is 79.1 Å². The molecule has 5 heteroatoms. The number of hydrogen-bond donors (Lipinski definition) is 1. The van der Waals surface area contributed by atoms with E-state index in [0.717, 1.165) is 24.9 Å². The summed E-state index contributed by atoms with van der Waals surface area (Å²) in [5.74, 6) is -0.374. The molecule has 1 amide bonds. The summed E-state index contributed by atoms with van der Waals surface area (Å²) in [6, 6.07) is 19.7. The van der Waals surface area contributed by atoms with E-state index in [9.17, 15) is 14.0 Å². The van der Waals surface area contributed by atoms with Crippen molar-refractivity contribution in [1.82, 2.24) is 0 Å². The van der Waals surface area contributed by atoms with Crippen LogP contribution in [0, 0.1) is 5.82 Å². The molecule has 0 fully saturated rings. The average Bonchev–Trinajstić information content (AvgIpc) is 2.77. The number of halogens is 1. The molecule has 154 valence electrons. The van der Waals surface area contributed by atoms with Crippen molar-refractivity contribution in [1.29, 1.82) is 0 Å². The number of unbranched alkanes of at least 4 members (excludes halogenated alkanes) is 1. The molecule has 0 aliphatic carbocycles. The minimum Gasteiger partial charge on any atom is -0.484 e. The lowest BCUT2D eigenvalue weighted by molar-refractivity contribution is -0.118. The zero-order chi connectivity index (χ0) is 21.3. The highest BCUT2D eigenvalue weighted by Gasteiger charge is 2.10. The summed E-state index contributed by atoms with van der Waals surface area (Å²) < 4.78 is 18.5. The first-order valence-corrected chi connectivity index (χ1v) is 9.97. The Morgan fingerprint density at radius 1 is 0.867 bits per heavy atom. The Bertz CT molecular complexity index is 980. The van der Waals surface area contributed by atoms with Gasteiger partial charge in [0, 0.05) is 16.8 Å². The summed E-state index contributed by atoms with van der Waals surface area (Å²) in [4.78, 5) is 24.5. The second-order valence-electron chi connectivity index (χ2n) is 7.00. The third kappa shape index (κ3) is 6.01. The summed E-state index contributed by atoms with van der Waals surface area (Å²) in [5.41, 5.74) is 2.84. The van der Waals surface area contributed by atoms with Crippen molar-refractivity contribution < 1.29 is 18.7 Å². The number of rotatable bonds is 9. The van der Waals surface area contributed by atoms with Crippen molar-refractivity contribution in [3.8, 4) is 5.75 Å². The Kier molecular flexibility index (Phi) is 7.33. The van der Waals surface area contributed by atoms with Gasteiger partial charge in [0.05, 0.1) is 0 Å². The van der Waals surface area contributed by atoms with Crippen LogP contribution in [-0.2, 0) is 11.2 Å². The van der Waals surface area contributed by atoms with E-state index in [1.54, 1.807) is 24.3 Å². The summed E-state index contributed by atoms with van der Waals surface area (Å²) in [5, 5.41) is 2.80. The lowest BCUT2D eigenvalue weighted by Gasteiger charge is -2.09. The van der Waals surface area contributed by atoms with Gasteiger partial charge in [-0.3, -0.25) is 9.59 Å². The third-order valence-electron chi connectivity index (χ3n) is 4.65. The number of anilines is 1. The van der Waals surface area contributed by atoms with Crippen LogP contribution in [0.3, 0.4) is 0 Å². The van der Waals surface area contributed by atoms with Crippen LogP contribution in [0.15, 0.2) is 72.8 Å². The van der Waals surface area contributed by atoms with Crippen molar-refractivity contribution in [2.24, 2.45) is 0 Å². The molecule has 4 nitrogen and oxygen atoms in total. The van der Waals surface area contributed by atoms with E-state index in [-0.39, 0.29) is 24.1 Å². The maximum atomic E-state index is 13.0. The number of amides is 1. The van der Waals surface area contributed by atoms with Crippen molar-refractivity contribution in [3.63, 3.8) is 0 Å². The van der Waals surface area contributed by atoms with E-state index < -0.39 is 0 Å². The fraction of sp³-hybridized carbons (Fsp3) is 0.200. The van der Waals surface area contributed by atoms with Crippen LogP contribution in [0.1, 0.15) is 41.3 Å². The fourth-order valence-electron chi connectivity index (χ4n) is 2.95. The lowest BCUT2D eigenvalue weighted by atomic mass is 10.0. The molecule has 0 bridgehead atoms. The summed E-state index contributed by atoms with van der Waals surface area (Å²) >= 11 is 0. The highest BCUT2D eigenvalue weighted by Crippen LogP contribution is 2.16. The van der Waals surface area contributed by atoms with E-state index >= 15 is 0 Å². The molecule has 1 N–H and O–H groups in total. The SMILES string of the molecule is CCCCc1ccc(NC(=O)COc2ccc(C(=O)c3ccc(F)cc3)cc2)cc1. The largest absolute Gasteiger partial charge is 0.484 e. The molecule has 0 spiro atoms. The predicted octanol–water partition coefficient (Wildman–Crippen LogP) is 5.42. The lowest BCUT2D eigenvalue weighted by Crippen LogP contribution is -2.20. The second-order valence-corrected chi connectivity index (χ2v) is 7.00. The van der Waals surface area contributed by atoms with Gasteiger partial charge in [0.1, 0.15) is 11.6 Å². The van der Waals surface area contributed by atoms with Gasteiger partial charge >= 0.3 is 0 Å². The zero-order valence-corrected chi connectivity index (χ0v) is 16.9. The topological polar surface area (TPSA) is 55.4 Å². The van der Waals surface area contributed by atoms with E-state index in [0.29, 0.717) is 16.9 Å². The van der Waals surface area contributed by atoms with Crippen LogP contribution in [0.4, 0.5) is 10.1 Å². The van der Waals surface area contributed by atoms with Gasteiger partial charge in [0.25, 0.3) is 5.91 Å². The number of ether oxygens (including phenoxy) is 1. The number of aryl methyl sites for hydroxylation is 1. The molecule has 0 atom stereocenters. The number of nitrogens with one attached hydrogen (secondary N) is 1. The quantitative estimate of drug-likeness (QED) is 0.484. The molecule has 0 aliphatic rings. The Labute approximate surface area is 175 Å². The molecule has 0 aliphatic heterocycles. The number of hydrogen-bond acceptors (Lipinski definition) is 3. The maximum absolute atomic E-state index is 13.0. The van der Waals surface area contributed by atoms with Gasteiger partial charge in [-0.2, -0.15) is 0 Å². The molecule has 0 aromatic heterocycles. The number of carbonyl (C=O) groups excluding carboxylic acids is 2. The first-order chi connectivity index (χ1) is 14.5. The summed E-state index contributed by atoms with van der Waals surface area (Å²) in [6.07, 6.45) is 3.33. The highest BCUT2D eigenvalue weighted by atomic mass is 19.1. The smallest absolute Gasteiger partial charge is 0.262 e. The van der Waals surface area contributed by atoms with E-state index in [1.807, 2.05) is 24.3 Å². The van der Waals surface area contributed by atoms with Crippen LogP contribution in [0.5, 0.6) is 5.75 Å². The fourth-order valence-corrected chi connectivity index (χ4v) is 2.95. The standard InChI is InChI=1S/C25H24FNO3/c1-2-3-4-18-5-13-22(14-6-18)27-24(28)17-30-23-15-9-20(10-16-23)25(29)19-7-11-21(26)12-8-19/h5-16H,2-4,17H2,1H3,(H,27,28). The van der Waals surface area contributed by atoms with Crippen molar-refractivity contribution >= 4 is 17.4 Å². The van der Waals surface area contributed by atoms with Crippen LogP contribution in [0.2, 0.25) is 0 Å². The Morgan fingerprint density at radius 2 is 1.47 bits per heavy atom. The van der Waals surface area contributed by atoms with Gasteiger partial charge in [-0.1, -0.05) is 25.5 Å². The van der Waals surface area contributed by atoms with Gasteiger partial charge in [-0.15, -0.1) is 0 Å². The van der Waals surface area contributed by atoms with Crippen molar-refractivity contribution in [2.45, 2.75) is 26.2 Å². The van der Waals surface area contributed by atoms with E-state index in [2.05, 4.69) is 12.2 Å². The van der Waals surface area contributed by atoms with Gasteiger partial charge in [-0.25, -0.2) is 4.39 Å². The number of carbonyl (C=O) groups is 2. The Morgan fingerprint density at radius 3 is 2.07 bits per heavy atom. The molecular weight excluding hydrogens is 381 g/mol. The number of benzene rings is 3. The molecule has 3 aromatic carbocycles. The third-order valence-corrected chi connectivity index (χ3v) is 4.65. The van der Waals surface area contributed by atoms with Crippen LogP contribution < -0.4 is 10.1 Å². The normalized spacial score (nSPS) is 10.5. The predicted molar refractivity (Wildman–Crippen MR) is 115 cm³/mol. The van der Waals surface area contributed by atoms with Crippen LogP contribution in [0.25, 0.3) is 0 Å². The van der Waals surface area contributed by atoms with E-state index in [1.165, 1.54) is 29.8 Å². The van der Waals surface area contributed by atoms with Gasteiger partial charge < -0.3 is 10.1 Å². The minimum atomic E-state index is -0.388. The molecule has 3 aromatic rings. The van der Waals surface area contributed by atoms with Crippen LogP contribution in [-0.4, -0.2) is 18.3 Å². The molecule has 0 unspecified atom stereocenters. The summed E-state index contributed by atoms with van der Waals surface area (Å²) in [7, 11) is 0. The first-order valence-electron chi connectivity index (χ1n) is 9.97. The molecule has 3 rings (SSSR count). The highest BCUT2D eigenvalue weighted by molar-refractivity contribution is 6.09. The summed E-state index contributed by atoms with van der Waals surface area (Å²) in [6.45, 7) is 2.02. The number of ketones is 1. The maximum Gasteiger partial charge on any atom is 0.262 e. The molecule has 0 saturated heterocycles. The Hall–Kier alpha value is -3.47. The molecule has 30 heavy (non-hydrogen) atoms. The van der Waals surface area contributed by atoms with Crippen molar-refractivity contribution in [3.05, 3.63) is 95.3 Å². The van der Waals surface area contributed by atoms with E-state index in [4.69, 9.17) is 4.74 Å². The first kappa shape index (κ1) is 21.2. The monoisotopic (exact) mass is 405 g/mol. The molecular formula is C25H24FNO3. The Balaban J connectivity index is 1.50. The van der Waals surface area contributed by atoms with Gasteiger partial charge in [0.15, 0.2) is 12.4 Å².